The van der Waals surface area contributed by atoms with Crippen LogP contribution in [0.1, 0.15) is 25.0 Å². The first kappa shape index (κ1) is 22.6. The molecule has 2 atom stereocenters. The fraction of sp³-hybridized carbons (Fsp3) is 0.381. The molecule has 0 radical (unpaired) electrons. The van der Waals surface area contributed by atoms with Crippen LogP contribution in [0.25, 0.3) is 0 Å². The van der Waals surface area contributed by atoms with Crippen LogP contribution >= 0.6 is 11.6 Å². The minimum absolute atomic E-state index is 0.203. The summed E-state index contributed by atoms with van der Waals surface area (Å²) in [7, 11) is 1.87. The minimum Gasteiger partial charge on any atom is -0.384 e. The summed E-state index contributed by atoms with van der Waals surface area (Å²) in [6.45, 7) is 4.80. The van der Waals surface area contributed by atoms with Crippen molar-refractivity contribution >= 4 is 29.2 Å². The zero-order chi connectivity index (χ0) is 21.4. The van der Waals surface area contributed by atoms with Crippen molar-refractivity contribution < 1.29 is 9.59 Å². The van der Waals surface area contributed by atoms with Gasteiger partial charge in [-0.25, -0.2) is 4.98 Å². The Kier molecular flexibility index (Phi) is 8.42. The van der Waals surface area contributed by atoms with Gasteiger partial charge in [-0.05, 0) is 49.8 Å². The average Bonchev–Trinajstić information content (AvgIpc) is 2.71. The number of nitrogen functional groups attached to an aromatic ring is 1. The second kappa shape index (κ2) is 10.8. The van der Waals surface area contributed by atoms with E-state index in [1.807, 2.05) is 37.9 Å². The molecular formula is C21H28ClN5O2. The number of rotatable bonds is 9. The molecule has 1 heterocycles. The summed E-state index contributed by atoms with van der Waals surface area (Å²) in [6.07, 6.45) is 1.94. The summed E-state index contributed by atoms with van der Waals surface area (Å²) in [5, 5.41) is 6.32. The molecule has 0 fully saturated rings. The molecule has 1 aromatic heterocycles. The number of hydrogen-bond acceptors (Lipinski definition) is 5. The number of pyridine rings is 1. The molecule has 0 aliphatic heterocycles. The number of amides is 2. The lowest BCUT2D eigenvalue weighted by Gasteiger charge is -2.25. The maximum atomic E-state index is 12.9. The molecule has 0 saturated carbocycles. The van der Waals surface area contributed by atoms with E-state index in [2.05, 4.69) is 15.6 Å². The molecule has 29 heavy (non-hydrogen) atoms. The van der Waals surface area contributed by atoms with Crippen LogP contribution in [0.3, 0.4) is 0 Å². The maximum Gasteiger partial charge on any atom is 0.243 e. The predicted molar refractivity (Wildman–Crippen MR) is 115 cm³/mol. The normalized spacial score (nSPS) is 13.0. The Morgan fingerprint density at radius 3 is 2.59 bits per heavy atom. The van der Waals surface area contributed by atoms with Crippen LogP contribution in [0.5, 0.6) is 0 Å². The van der Waals surface area contributed by atoms with E-state index in [1.54, 1.807) is 30.5 Å². The molecule has 0 saturated heterocycles. The zero-order valence-electron chi connectivity index (χ0n) is 17.0. The topological polar surface area (TPSA) is 100 Å². The minimum atomic E-state index is -0.726. The molecule has 0 spiro atoms. The van der Waals surface area contributed by atoms with Crippen molar-refractivity contribution in [3.05, 3.63) is 58.7 Å². The number of aromatic nitrogens is 1. The van der Waals surface area contributed by atoms with E-state index < -0.39 is 6.04 Å². The van der Waals surface area contributed by atoms with E-state index in [-0.39, 0.29) is 17.9 Å². The van der Waals surface area contributed by atoms with Crippen LogP contribution < -0.4 is 16.4 Å². The molecule has 2 amide bonds. The molecule has 8 heteroatoms. The fourth-order valence-electron chi connectivity index (χ4n) is 2.73. The molecule has 0 aliphatic carbocycles. The van der Waals surface area contributed by atoms with E-state index in [9.17, 15) is 9.59 Å². The van der Waals surface area contributed by atoms with Gasteiger partial charge in [0, 0.05) is 24.2 Å². The van der Waals surface area contributed by atoms with E-state index >= 15 is 0 Å². The quantitative estimate of drug-likeness (QED) is 0.579. The van der Waals surface area contributed by atoms with Crippen molar-refractivity contribution in [2.75, 3.05) is 19.3 Å². The Morgan fingerprint density at radius 1 is 1.21 bits per heavy atom. The number of halogens is 1. The molecule has 4 N–H and O–H groups in total. The van der Waals surface area contributed by atoms with Gasteiger partial charge >= 0.3 is 0 Å². The zero-order valence-corrected chi connectivity index (χ0v) is 17.7. The third-order valence-electron chi connectivity index (χ3n) is 4.82. The van der Waals surface area contributed by atoms with Gasteiger partial charge in [-0.1, -0.05) is 36.7 Å². The van der Waals surface area contributed by atoms with Crippen LogP contribution in [-0.4, -0.2) is 47.4 Å². The number of carbonyl (C=O) groups is 2. The third kappa shape index (κ3) is 7.03. The summed E-state index contributed by atoms with van der Waals surface area (Å²) in [5.41, 5.74) is 7.27. The van der Waals surface area contributed by atoms with Crippen molar-refractivity contribution in [3.63, 3.8) is 0 Å². The van der Waals surface area contributed by atoms with Gasteiger partial charge in [0.2, 0.25) is 11.8 Å². The second-order valence-corrected chi connectivity index (χ2v) is 7.39. The lowest BCUT2D eigenvalue weighted by atomic mass is 10.0. The van der Waals surface area contributed by atoms with Gasteiger partial charge in [0.25, 0.3) is 0 Å². The Morgan fingerprint density at radius 2 is 1.97 bits per heavy atom. The monoisotopic (exact) mass is 417 g/mol. The average molecular weight is 418 g/mol. The van der Waals surface area contributed by atoms with E-state index in [1.165, 1.54) is 0 Å². The highest BCUT2D eigenvalue weighted by atomic mass is 35.5. The fourth-order valence-corrected chi connectivity index (χ4v) is 2.94. The molecule has 0 aliphatic rings. The molecule has 1 aromatic carbocycles. The molecule has 7 nitrogen and oxygen atoms in total. The molecule has 1 unspecified atom stereocenters. The lowest BCUT2D eigenvalue weighted by molar-refractivity contribution is -0.131. The van der Waals surface area contributed by atoms with Gasteiger partial charge in [0.15, 0.2) is 0 Å². The highest BCUT2D eigenvalue weighted by molar-refractivity contribution is 6.30. The van der Waals surface area contributed by atoms with Gasteiger partial charge in [-0.2, -0.15) is 0 Å². The van der Waals surface area contributed by atoms with Crippen molar-refractivity contribution in [1.29, 1.82) is 0 Å². The number of nitrogens with zero attached hydrogens (tertiary/aromatic N) is 2. The summed E-state index contributed by atoms with van der Waals surface area (Å²) < 4.78 is 0. The number of nitrogens with one attached hydrogen (secondary N) is 2. The molecule has 2 rings (SSSR count). The first-order chi connectivity index (χ1) is 13.8. The summed E-state index contributed by atoms with van der Waals surface area (Å²) in [5.74, 6) is -0.0626. The molecule has 2 aromatic rings. The summed E-state index contributed by atoms with van der Waals surface area (Å²) in [4.78, 5) is 31.4. The van der Waals surface area contributed by atoms with Crippen LogP contribution in [0.2, 0.25) is 5.02 Å². The molecule has 0 bridgehead atoms. The van der Waals surface area contributed by atoms with Crippen LogP contribution in [0.4, 0.5) is 5.82 Å². The van der Waals surface area contributed by atoms with Crippen LogP contribution in [-0.2, 0) is 22.6 Å². The first-order valence-electron chi connectivity index (χ1n) is 9.53. The van der Waals surface area contributed by atoms with Crippen molar-refractivity contribution in [2.24, 2.45) is 0 Å². The van der Waals surface area contributed by atoms with Crippen molar-refractivity contribution in [1.82, 2.24) is 20.5 Å². The predicted octanol–water partition coefficient (Wildman–Crippen LogP) is 2.00. The van der Waals surface area contributed by atoms with Gasteiger partial charge < -0.3 is 16.4 Å². The summed E-state index contributed by atoms with van der Waals surface area (Å²) >= 11 is 6.07. The Labute approximate surface area is 176 Å². The van der Waals surface area contributed by atoms with E-state index in [0.717, 1.165) is 17.7 Å². The number of benzene rings is 1. The lowest BCUT2D eigenvalue weighted by Crippen LogP contribution is -2.53. The second-order valence-electron chi connectivity index (χ2n) is 6.95. The number of likely N-dealkylation sites (N-methyl/N-ethyl adjacent to an activating group) is 1. The van der Waals surface area contributed by atoms with Crippen LogP contribution in [0, 0.1) is 0 Å². The molecule has 156 valence electrons. The van der Waals surface area contributed by atoms with Gasteiger partial charge in [-0.3, -0.25) is 14.5 Å². The summed E-state index contributed by atoms with van der Waals surface area (Å²) in [6, 6.07) is 9.66. The smallest absolute Gasteiger partial charge is 0.243 e. The van der Waals surface area contributed by atoms with Gasteiger partial charge in [-0.15, -0.1) is 0 Å². The number of carbonyl (C=O) groups excluding carboxylic acids is 2. The third-order valence-corrected chi connectivity index (χ3v) is 5.05. The Hall–Kier alpha value is -2.64. The highest BCUT2D eigenvalue weighted by Gasteiger charge is 2.25. The van der Waals surface area contributed by atoms with Crippen LogP contribution in [0.15, 0.2) is 42.6 Å². The number of hydrogen-bond donors (Lipinski definition) is 3. The van der Waals surface area contributed by atoms with Gasteiger partial charge in [0.1, 0.15) is 11.9 Å². The number of nitrogens with two attached hydrogens (primary N) is 1. The SMILES string of the molecule is CCN(C)C(C)C(=O)N[C@@H](Cc1cccc(Cl)c1)C(=O)NCc1ccc(N)nc1. The Bertz CT molecular complexity index is 828. The van der Waals surface area contributed by atoms with Crippen molar-refractivity contribution in [3.8, 4) is 0 Å². The van der Waals surface area contributed by atoms with Crippen molar-refractivity contribution in [2.45, 2.75) is 38.9 Å². The van der Waals surface area contributed by atoms with Gasteiger partial charge in [0.05, 0.1) is 6.04 Å². The van der Waals surface area contributed by atoms with E-state index in [4.69, 9.17) is 17.3 Å². The van der Waals surface area contributed by atoms with E-state index in [0.29, 0.717) is 23.8 Å². The standard InChI is InChI=1S/C21H28ClN5O2/c1-4-27(3)14(2)20(28)26-18(11-15-6-5-7-17(22)10-15)21(29)25-13-16-8-9-19(23)24-12-16/h5-10,12,14,18H,4,11,13H2,1-3H3,(H2,23,24)(H,25,29)(H,26,28)/t14?,18-/m0/s1. The Balaban J connectivity index is 2.10. The first-order valence-corrected chi connectivity index (χ1v) is 9.91. The number of anilines is 1. The highest BCUT2D eigenvalue weighted by Crippen LogP contribution is 2.13. The maximum absolute atomic E-state index is 12.9. The molecular weight excluding hydrogens is 390 g/mol. The largest absolute Gasteiger partial charge is 0.384 e.